The molecule has 22 heavy (non-hydrogen) atoms. The van der Waals surface area contributed by atoms with Gasteiger partial charge in [-0.15, -0.1) is 0 Å². The van der Waals surface area contributed by atoms with Gasteiger partial charge in [0.15, 0.2) is 0 Å². The summed E-state index contributed by atoms with van der Waals surface area (Å²) in [5.41, 5.74) is 1.50. The Morgan fingerprint density at radius 3 is 2.77 bits per heavy atom. The second-order valence-corrected chi connectivity index (χ2v) is 6.49. The van der Waals surface area contributed by atoms with E-state index in [1.165, 1.54) is 0 Å². The molecule has 1 saturated carbocycles. The quantitative estimate of drug-likeness (QED) is 0.735. The molecule has 1 fully saturated rings. The van der Waals surface area contributed by atoms with Crippen molar-refractivity contribution in [3.63, 3.8) is 0 Å². The molecule has 0 unspecified atom stereocenters. The summed E-state index contributed by atoms with van der Waals surface area (Å²) in [6, 6.07) is 1.47. The first kappa shape index (κ1) is 15.2. The lowest BCUT2D eigenvalue weighted by Crippen LogP contribution is -2.52. The van der Waals surface area contributed by atoms with E-state index in [-0.39, 0.29) is 11.8 Å². The van der Waals surface area contributed by atoms with Crippen molar-refractivity contribution in [3.8, 4) is 5.75 Å². The Labute approximate surface area is 135 Å². The largest absolute Gasteiger partial charge is 0.507 e. The first-order valence-corrected chi connectivity index (χ1v) is 8.27. The van der Waals surface area contributed by atoms with Crippen molar-refractivity contribution < 1.29 is 9.90 Å². The number of carbonyl (C=O) groups is 1. The second-order valence-electron chi connectivity index (χ2n) is 6.08. The maximum absolute atomic E-state index is 12.0. The molecule has 2 amide bonds. The molecule has 118 valence electrons. The lowest BCUT2D eigenvalue weighted by atomic mass is 9.74. The predicted octanol–water partition coefficient (Wildman–Crippen LogP) is 4.76. The summed E-state index contributed by atoms with van der Waals surface area (Å²) in [6.45, 7) is 2.04. The van der Waals surface area contributed by atoms with Crippen molar-refractivity contribution >= 4 is 29.4 Å². The minimum Gasteiger partial charge on any atom is -0.507 e. The molecule has 3 N–H and O–H groups in total. The number of fused-ring (bicyclic) bond motifs is 2. The Bertz CT molecular complexity index is 634. The Hall–Kier alpha value is -1.68. The summed E-state index contributed by atoms with van der Waals surface area (Å²) < 4.78 is 0. The zero-order valence-corrected chi connectivity index (χ0v) is 13.5. The summed E-state index contributed by atoms with van der Waals surface area (Å²) in [4.78, 5) is 12.0. The Balaban J connectivity index is 2.20. The molecule has 5 heteroatoms. The summed E-state index contributed by atoms with van der Waals surface area (Å²) in [5, 5.41) is 17.1. The number of anilines is 1. The van der Waals surface area contributed by atoms with Crippen LogP contribution in [0.5, 0.6) is 5.75 Å². The predicted molar refractivity (Wildman–Crippen MR) is 89.4 cm³/mol. The normalized spacial score (nSPS) is 19.8. The number of rotatable bonds is 2. The third kappa shape index (κ3) is 2.45. The van der Waals surface area contributed by atoms with Crippen molar-refractivity contribution in [2.75, 3.05) is 5.32 Å². The third-order valence-corrected chi connectivity index (χ3v) is 4.89. The molecular formula is C17H21ClN2O2. The number of hydrogen-bond donors (Lipinski definition) is 3. The molecule has 2 aliphatic rings. The van der Waals surface area contributed by atoms with Crippen molar-refractivity contribution in [1.82, 2.24) is 5.32 Å². The highest BCUT2D eigenvalue weighted by Gasteiger charge is 2.43. The molecule has 1 spiro atoms. The first-order valence-electron chi connectivity index (χ1n) is 7.89. The van der Waals surface area contributed by atoms with Gasteiger partial charge in [-0.25, -0.2) is 4.79 Å². The van der Waals surface area contributed by atoms with Crippen LogP contribution in [0.25, 0.3) is 6.08 Å². The molecule has 1 heterocycles. The van der Waals surface area contributed by atoms with E-state index in [4.69, 9.17) is 11.6 Å². The molecule has 1 aliphatic heterocycles. The molecule has 0 aromatic heterocycles. The number of urea groups is 1. The van der Waals surface area contributed by atoms with Crippen LogP contribution in [0.2, 0.25) is 5.02 Å². The number of amides is 2. The van der Waals surface area contributed by atoms with Gasteiger partial charge in [-0.1, -0.05) is 49.9 Å². The molecule has 0 bridgehead atoms. The molecule has 1 aromatic carbocycles. The second kappa shape index (κ2) is 5.84. The molecule has 0 saturated heterocycles. The SMILES string of the molecule is CC/C=C\c1cc(Cl)c2c(c1O)C1(CCCCC1)NC(=O)N2. The van der Waals surface area contributed by atoms with E-state index in [1.807, 2.05) is 19.1 Å². The first-order chi connectivity index (χ1) is 10.6. The molecular weight excluding hydrogens is 300 g/mol. The number of aromatic hydroxyl groups is 1. The fraction of sp³-hybridized carbons (Fsp3) is 0.471. The zero-order valence-electron chi connectivity index (χ0n) is 12.7. The van der Waals surface area contributed by atoms with Crippen LogP contribution >= 0.6 is 11.6 Å². The monoisotopic (exact) mass is 320 g/mol. The maximum atomic E-state index is 12.0. The van der Waals surface area contributed by atoms with Crippen molar-refractivity contribution in [1.29, 1.82) is 0 Å². The standard InChI is InChI=1S/C17H21ClN2O2/c1-2-3-7-11-10-12(18)14-13(15(11)21)17(20-16(22)19-14)8-5-4-6-9-17/h3,7,10,21H,2,4-6,8-9H2,1H3,(H2,19,20,22)/b7-3-. The van der Waals surface area contributed by atoms with E-state index in [2.05, 4.69) is 10.6 Å². The fourth-order valence-corrected chi connectivity index (χ4v) is 3.83. The van der Waals surface area contributed by atoms with E-state index in [0.29, 0.717) is 16.3 Å². The molecule has 1 aliphatic carbocycles. The van der Waals surface area contributed by atoms with Crippen LogP contribution < -0.4 is 10.6 Å². The van der Waals surface area contributed by atoms with Gasteiger partial charge < -0.3 is 15.7 Å². The Kier molecular flexibility index (Phi) is 4.04. The fourth-order valence-electron chi connectivity index (χ4n) is 3.57. The average Bonchev–Trinajstić information content (AvgIpc) is 2.49. The Morgan fingerprint density at radius 2 is 2.09 bits per heavy atom. The van der Waals surface area contributed by atoms with Gasteiger partial charge in [0.05, 0.1) is 16.2 Å². The van der Waals surface area contributed by atoms with Crippen LogP contribution in [0.3, 0.4) is 0 Å². The summed E-state index contributed by atoms with van der Waals surface area (Å²) >= 11 is 6.38. The number of halogens is 1. The lowest BCUT2D eigenvalue weighted by molar-refractivity contribution is 0.206. The molecule has 0 radical (unpaired) electrons. The van der Waals surface area contributed by atoms with Crippen LogP contribution in [-0.2, 0) is 5.54 Å². The zero-order chi connectivity index (χ0) is 15.7. The molecule has 3 rings (SSSR count). The number of carbonyl (C=O) groups excluding carboxylic acids is 1. The van der Waals surface area contributed by atoms with Gasteiger partial charge in [0.2, 0.25) is 0 Å². The summed E-state index contributed by atoms with van der Waals surface area (Å²) in [5.74, 6) is 0.221. The van der Waals surface area contributed by atoms with Crippen molar-refractivity contribution in [2.24, 2.45) is 0 Å². The number of hydrogen-bond acceptors (Lipinski definition) is 2. The van der Waals surface area contributed by atoms with Gasteiger partial charge in [0, 0.05) is 11.1 Å². The number of phenolic OH excluding ortho intramolecular Hbond substituents is 1. The van der Waals surface area contributed by atoms with E-state index in [0.717, 1.165) is 44.1 Å². The number of allylic oxidation sites excluding steroid dienone is 1. The number of benzene rings is 1. The third-order valence-electron chi connectivity index (χ3n) is 4.59. The molecule has 1 aromatic rings. The van der Waals surface area contributed by atoms with E-state index < -0.39 is 5.54 Å². The smallest absolute Gasteiger partial charge is 0.319 e. The van der Waals surface area contributed by atoms with Gasteiger partial charge in [-0.3, -0.25) is 0 Å². The maximum Gasteiger partial charge on any atom is 0.319 e. The van der Waals surface area contributed by atoms with Crippen LogP contribution in [0, 0.1) is 0 Å². The van der Waals surface area contributed by atoms with Gasteiger partial charge in [-0.05, 0) is 25.3 Å². The van der Waals surface area contributed by atoms with Crippen LogP contribution in [-0.4, -0.2) is 11.1 Å². The van der Waals surface area contributed by atoms with Gasteiger partial charge >= 0.3 is 6.03 Å². The topological polar surface area (TPSA) is 61.4 Å². The van der Waals surface area contributed by atoms with Crippen LogP contribution in [0.15, 0.2) is 12.1 Å². The number of phenols is 1. The van der Waals surface area contributed by atoms with E-state index in [1.54, 1.807) is 6.07 Å². The minimum atomic E-state index is -0.500. The van der Waals surface area contributed by atoms with Gasteiger partial charge in [0.25, 0.3) is 0 Å². The van der Waals surface area contributed by atoms with Gasteiger partial charge in [-0.2, -0.15) is 0 Å². The average molecular weight is 321 g/mol. The number of nitrogens with one attached hydrogen (secondary N) is 2. The highest BCUT2D eigenvalue weighted by Crippen LogP contribution is 2.50. The van der Waals surface area contributed by atoms with E-state index >= 15 is 0 Å². The van der Waals surface area contributed by atoms with Crippen LogP contribution in [0.1, 0.15) is 56.6 Å². The van der Waals surface area contributed by atoms with E-state index in [9.17, 15) is 9.90 Å². The highest BCUT2D eigenvalue weighted by atomic mass is 35.5. The Morgan fingerprint density at radius 1 is 1.36 bits per heavy atom. The molecule has 0 atom stereocenters. The summed E-state index contributed by atoms with van der Waals surface area (Å²) in [6.07, 6.45) is 9.64. The van der Waals surface area contributed by atoms with Crippen molar-refractivity contribution in [3.05, 3.63) is 28.3 Å². The minimum absolute atomic E-state index is 0.221. The highest BCUT2D eigenvalue weighted by molar-refractivity contribution is 6.34. The van der Waals surface area contributed by atoms with Crippen molar-refractivity contribution in [2.45, 2.75) is 51.0 Å². The lowest BCUT2D eigenvalue weighted by Gasteiger charge is -2.43. The van der Waals surface area contributed by atoms with Gasteiger partial charge in [0.1, 0.15) is 5.75 Å². The summed E-state index contributed by atoms with van der Waals surface area (Å²) in [7, 11) is 0. The van der Waals surface area contributed by atoms with Crippen LogP contribution in [0.4, 0.5) is 10.5 Å². The molecule has 4 nitrogen and oxygen atoms in total.